The zero-order chi connectivity index (χ0) is 7.72. The van der Waals surface area contributed by atoms with Crippen LogP contribution in [0.4, 0.5) is 0 Å². The van der Waals surface area contributed by atoms with Crippen LogP contribution in [0.1, 0.15) is 0 Å². The van der Waals surface area contributed by atoms with Gasteiger partial charge >= 0.3 is 0 Å². The molecule has 0 aromatic rings. The normalized spacial score (nSPS) is 23.8. The highest BCUT2D eigenvalue weighted by atomic mass is 16.6. The summed E-state index contributed by atoms with van der Waals surface area (Å²) < 4.78 is 0. The molecule has 0 atom stereocenters. The Morgan fingerprint density at radius 1 is 1.40 bits per heavy atom. The van der Waals surface area contributed by atoms with Crippen LogP contribution >= 0.6 is 0 Å². The van der Waals surface area contributed by atoms with Crippen LogP contribution < -0.4 is 11.7 Å². The van der Waals surface area contributed by atoms with Gasteiger partial charge in [-0.3, -0.25) is 21.8 Å². The topological polar surface area (TPSA) is 102 Å². The summed E-state index contributed by atoms with van der Waals surface area (Å²) in [4.78, 5) is 9.75. The SMILES string of the molecule is NN1CC([N+](=O)[O-])CN1N. The van der Waals surface area contributed by atoms with E-state index in [1.54, 1.807) is 0 Å². The molecule has 1 aliphatic heterocycles. The lowest BCUT2D eigenvalue weighted by atomic mass is 10.3. The summed E-state index contributed by atoms with van der Waals surface area (Å²) in [6.07, 6.45) is 0. The average Bonchev–Trinajstić information content (AvgIpc) is 2.13. The van der Waals surface area contributed by atoms with Crippen LogP contribution in [0.25, 0.3) is 0 Å². The minimum atomic E-state index is -0.657. The number of nitro groups is 1. The number of hydrogen-bond acceptors (Lipinski definition) is 6. The maximum absolute atomic E-state index is 10.1. The van der Waals surface area contributed by atoms with E-state index < -0.39 is 6.04 Å². The number of nitrogens with two attached hydrogens (primary N) is 2. The van der Waals surface area contributed by atoms with Crippen molar-refractivity contribution in [1.29, 1.82) is 0 Å². The Kier molecular flexibility index (Phi) is 1.81. The number of hydrazine groups is 3. The quantitative estimate of drug-likeness (QED) is 0.250. The first-order chi connectivity index (χ1) is 4.61. The summed E-state index contributed by atoms with van der Waals surface area (Å²) in [5, 5.41) is 12.4. The van der Waals surface area contributed by atoms with Crippen molar-refractivity contribution >= 4 is 0 Å². The maximum atomic E-state index is 10.1. The van der Waals surface area contributed by atoms with Crippen LogP contribution in [-0.4, -0.2) is 34.3 Å². The van der Waals surface area contributed by atoms with Crippen LogP contribution in [0, 0.1) is 10.1 Å². The van der Waals surface area contributed by atoms with Gasteiger partial charge in [0.1, 0.15) is 0 Å². The Balaban J connectivity index is 2.49. The molecule has 0 bridgehead atoms. The molecular weight excluding hydrogens is 138 g/mol. The van der Waals surface area contributed by atoms with Crippen molar-refractivity contribution in [2.45, 2.75) is 6.04 Å². The molecule has 0 radical (unpaired) electrons. The second-order valence-electron chi connectivity index (χ2n) is 2.18. The minimum absolute atomic E-state index is 0.184. The van der Waals surface area contributed by atoms with E-state index in [1.165, 1.54) is 0 Å². The maximum Gasteiger partial charge on any atom is 0.243 e. The van der Waals surface area contributed by atoms with Crippen LogP contribution in [0.15, 0.2) is 0 Å². The Morgan fingerprint density at radius 3 is 2.00 bits per heavy atom. The van der Waals surface area contributed by atoms with E-state index in [4.69, 9.17) is 11.7 Å². The number of rotatable bonds is 1. The van der Waals surface area contributed by atoms with Gasteiger partial charge in [0, 0.05) is 4.92 Å². The molecular formula is C3H9N5O2. The summed E-state index contributed by atoms with van der Waals surface area (Å²) in [6.45, 7) is 0.368. The van der Waals surface area contributed by atoms with Gasteiger partial charge in [0.15, 0.2) is 0 Å². The smallest absolute Gasteiger partial charge is 0.243 e. The van der Waals surface area contributed by atoms with Crippen LogP contribution in [0.2, 0.25) is 0 Å². The first-order valence-corrected chi connectivity index (χ1v) is 2.79. The van der Waals surface area contributed by atoms with E-state index in [0.29, 0.717) is 0 Å². The summed E-state index contributed by atoms with van der Waals surface area (Å²) in [5.41, 5.74) is 0. The lowest BCUT2D eigenvalue weighted by Crippen LogP contribution is -2.46. The third-order valence-corrected chi connectivity index (χ3v) is 1.42. The van der Waals surface area contributed by atoms with Crippen molar-refractivity contribution in [2.75, 3.05) is 13.1 Å². The highest BCUT2D eigenvalue weighted by Crippen LogP contribution is 2.03. The molecule has 0 aromatic heterocycles. The molecule has 0 aliphatic carbocycles. The molecule has 1 saturated heterocycles. The molecule has 7 heteroatoms. The largest absolute Gasteiger partial charge is 0.264 e. The third-order valence-electron chi connectivity index (χ3n) is 1.42. The van der Waals surface area contributed by atoms with Gasteiger partial charge in [0.25, 0.3) is 0 Å². The van der Waals surface area contributed by atoms with E-state index in [2.05, 4.69) is 0 Å². The summed E-state index contributed by atoms with van der Waals surface area (Å²) in [6, 6.07) is -0.657. The zero-order valence-electron chi connectivity index (χ0n) is 5.30. The predicted octanol–water partition coefficient (Wildman–Crippen LogP) is -2.09. The molecule has 1 aliphatic rings. The lowest BCUT2D eigenvalue weighted by Gasteiger charge is -2.14. The number of hydrogen-bond donors (Lipinski definition) is 2. The zero-order valence-corrected chi connectivity index (χ0v) is 5.30. The van der Waals surface area contributed by atoms with Crippen LogP contribution in [0.5, 0.6) is 0 Å². The second kappa shape index (κ2) is 2.46. The minimum Gasteiger partial charge on any atom is -0.264 e. The fraction of sp³-hybridized carbons (Fsp3) is 1.00. The molecule has 58 valence electrons. The molecule has 0 unspecified atom stereocenters. The third kappa shape index (κ3) is 1.21. The molecule has 1 fully saturated rings. The van der Waals surface area contributed by atoms with Gasteiger partial charge in [-0.15, -0.1) is 0 Å². The van der Waals surface area contributed by atoms with Crippen molar-refractivity contribution in [3.8, 4) is 0 Å². The molecule has 0 spiro atoms. The van der Waals surface area contributed by atoms with Gasteiger partial charge < -0.3 is 0 Å². The molecule has 7 nitrogen and oxygen atoms in total. The highest BCUT2D eigenvalue weighted by Gasteiger charge is 2.34. The Bertz CT molecular complexity index is 140. The standard InChI is InChI=1S/C3H9N5O2/c4-6-1-3(8(9)10)2-7(6)5/h3H,1-2,4-5H2. The van der Waals surface area contributed by atoms with E-state index in [0.717, 1.165) is 10.2 Å². The molecule has 10 heavy (non-hydrogen) atoms. The van der Waals surface area contributed by atoms with Gasteiger partial charge in [-0.05, 0) is 0 Å². The van der Waals surface area contributed by atoms with Gasteiger partial charge in [-0.2, -0.15) is 10.2 Å². The average molecular weight is 147 g/mol. The molecule has 1 rings (SSSR count). The molecule has 0 aromatic carbocycles. The van der Waals surface area contributed by atoms with Gasteiger partial charge in [0.2, 0.25) is 6.04 Å². The molecule has 0 saturated carbocycles. The van der Waals surface area contributed by atoms with Crippen molar-refractivity contribution in [1.82, 2.24) is 10.2 Å². The van der Waals surface area contributed by atoms with E-state index in [-0.39, 0.29) is 18.0 Å². The van der Waals surface area contributed by atoms with Gasteiger partial charge in [0.05, 0.1) is 13.1 Å². The van der Waals surface area contributed by atoms with Gasteiger partial charge in [-0.1, -0.05) is 0 Å². The monoisotopic (exact) mass is 147 g/mol. The van der Waals surface area contributed by atoms with E-state index in [1.807, 2.05) is 0 Å². The Morgan fingerprint density at radius 2 is 1.80 bits per heavy atom. The van der Waals surface area contributed by atoms with E-state index in [9.17, 15) is 10.1 Å². The summed E-state index contributed by atoms with van der Waals surface area (Å²) >= 11 is 0. The van der Waals surface area contributed by atoms with Crippen molar-refractivity contribution in [3.05, 3.63) is 10.1 Å². The lowest BCUT2D eigenvalue weighted by molar-refractivity contribution is -0.515. The van der Waals surface area contributed by atoms with Crippen molar-refractivity contribution in [2.24, 2.45) is 11.7 Å². The Hall–Kier alpha value is -0.760. The first-order valence-electron chi connectivity index (χ1n) is 2.79. The van der Waals surface area contributed by atoms with Crippen LogP contribution in [-0.2, 0) is 0 Å². The molecule has 0 amide bonds. The van der Waals surface area contributed by atoms with E-state index >= 15 is 0 Å². The highest BCUT2D eigenvalue weighted by molar-refractivity contribution is 4.68. The number of nitrogens with zero attached hydrogens (tertiary/aromatic N) is 3. The van der Waals surface area contributed by atoms with Gasteiger partial charge in [-0.25, -0.2) is 0 Å². The fourth-order valence-electron chi connectivity index (χ4n) is 0.833. The molecule has 1 heterocycles. The predicted molar refractivity (Wildman–Crippen MR) is 32.6 cm³/mol. The summed E-state index contributed by atoms with van der Waals surface area (Å²) in [7, 11) is 0. The summed E-state index contributed by atoms with van der Waals surface area (Å²) in [5.74, 6) is 10.5. The second-order valence-corrected chi connectivity index (χ2v) is 2.18. The Labute approximate surface area is 57.2 Å². The fourth-order valence-corrected chi connectivity index (χ4v) is 0.833. The molecule has 4 N–H and O–H groups in total. The van der Waals surface area contributed by atoms with Crippen molar-refractivity contribution < 1.29 is 4.92 Å². The first kappa shape index (κ1) is 7.35. The van der Waals surface area contributed by atoms with Crippen LogP contribution in [0.3, 0.4) is 0 Å². The van der Waals surface area contributed by atoms with Crippen molar-refractivity contribution in [3.63, 3.8) is 0 Å².